The summed E-state index contributed by atoms with van der Waals surface area (Å²) in [6, 6.07) is 0. The SMILES string of the molecule is CCCC(C(=O)O)S(=O)C1CCOC1C. The van der Waals surface area contributed by atoms with Gasteiger partial charge < -0.3 is 9.84 Å². The standard InChI is InChI=1S/C10H18O4S/c1-3-4-9(10(11)12)15(13)8-5-6-14-7(8)2/h7-9H,3-6H2,1-2H3,(H,11,12). The van der Waals surface area contributed by atoms with E-state index in [1.807, 2.05) is 13.8 Å². The minimum Gasteiger partial charge on any atom is -0.480 e. The fourth-order valence-electron chi connectivity index (χ4n) is 1.83. The minimum atomic E-state index is -1.32. The maximum atomic E-state index is 12.0. The topological polar surface area (TPSA) is 63.6 Å². The van der Waals surface area contributed by atoms with Gasteiger partial charge in [0, 0.05) is 17.4 Å². The molecular formula is C10H18O4S. The minimum absolute atomic E-state index is 0.0791. The highest BCUT2D eigenvalue weighted by Crippen LogP contribution is 2.23. The van der Waals surface area contributed by atoms with E-state index in [-0.39, 0.29) is 11.4 Å². The fraction of sp³-hybridized carbons (Fsp3) is 0.900. The molecule has 0 aliphatic carbocycles. The lowest BCUT2D eigenvalue weighted by molar-refractivity contribution is -0.136. The van der Waals surface area contributed by atoms with Crippen molar-refractivity contribution in [1.29, 1.82) is 0 Å². The summed E-state index contributed by atoms with van der Waals surface area (Å²) in [6.45, 7) is 4.36. The lowest BCUT2D eigenvalue weighted by Gasteiger charge is -2.18. The van der Waals surface area contributed by atoms with Crippen molar-refractivity contribution in [1.82, 2.24) is 0 Å². The number of carboxylic acid groups (broad SMARTS) is 1. The smallest absolute Gasteiger partial charge is 0.319 e. The predicted octanol–water partition coefficient (Wildman–Crippen LogP) is 1.17. The monoisotopic (exact) mass is 234 g/mol. The van der Waals surface area contributed by atoms with Gasteiger partial charge in [0.15, 0.2) is 0 Å². The van der Waals surface area contributed by atoms with E-state index >= 15 is 0 Å². The molecule has 0 amide bonds. The molecule has 15 heavy (non-hydrogen) atoms. The molecule has 1 aliphatic rings. The van der Waals surface area contributed by atoms with Crippen LogP contribution >= 0.6 is 0 Å². The van der Waals surface area contributed by atoms with Gasteiger partial charge in [0.05, 0.1) is 11.4 Å². The molecule has 0 bridgehead atoms. The van der Waals surface area contributed by atoms with Crippen molar-refractivity contribution in [2.24, 2.45) is 0 Å². The molecule has 0 aromatic carbocycles. The maximum absolute atomic E-state index is 12.0. The molecule has 0 spiro atoms. The van der Waals surface area contributed by atoms with E-state index in [0.29, 0.717) is 19.4 Å². The van der Waals surface area contributed by atoms with Crippen LogP contribution < -0.4 is 0 Å². The van der Waals surface area contributed by atoms with Crippen molar-refractivity contribution in [2.45, 2.75) is 49.7 Å². The Bertz CT molecular complexity index is 254. The van der Waals surface area contributed by atoms with E-state index in [2.05, 4.69) is 0 Å². The Balaban J connectivity index is 2.66. The summed E-state index contributed by atoms with van der Waals surface area (Å²) >= 11 is 0. The van der Waals surface area contributed by atoms with Gasteiger partial charge in [-0.2, -0.15) is 0 Å². The number of carboxylic acids is 1. The van der Waals surface area contributed by atoms with Crippen molar-refractivity contribution in [3.63, 3.8) is 0 Å². The number of rotatable bonds is 5. The fourth-order valence-corrected chi connectivity index (χ4v) is 3.70. The first-order valence-electron chi connectivity index (χ1n) is 5.31. The lowest BCUT2D eigenvalue weighted by Crippen LogP contribution is -2.35. The van der Waals surface area contributed by atoms with E-state index in [1.54, 1.807) is 0 Å². The van der Waals surface area contributed by atoms with Crippen molar-refractivity contribution in [2.75, 3.05) is 6.61 Å². The van der Waals surface area contributed by atoms with Gasteiger partial charge in [0.2, 0.25) is 0 Å². The van der Waals surface area contributed by atoms with Gasteiger partial charge in [0.25, 0.3) is 0 Å². The molecular weight excluding hydrogens is 216 g/mol. The summed E-state index contributed by atoms with van der Waals surface area (Å²) in [7, 11) is -1.32. The second kappa shape index (κ2) is 5.61. The first-order chi connectivity index (χ1) is 7.07. The molecule has 0 aromatic rings. The molecule has 1 aliphatic heterocycles. The first kappa shape index (κ1) is 12.6. The van der Waals surface area contributed by atoms with Gasteiger partial charge in [0.1, 0.15) is 5.25 Å². The average molecular weight is 234 g/mol. The van der Waals surface area contributed by atoms with Crippen molar-refractivity contribution >= 4 is 16.8 Å². The molecule has 1 fully saturated rings. The number of aliphatic carboxylic acids is 1. The zero-order valence-corrected chi connectivity index (χ0v) is 9.96. The summed E-state index contributed by atoms with van der Waals surface area (Å²) in [5.74, 6) is -0.950. The molecule has 88 valence electrons. The van der Waals surface area contributed by atoms with Gasteiger partial charge in [-0.1, -0.05) is 13.3 Å². The van der Waals surface area contributed by atoms with Crippen LogP contribution in [0.3, 0.4) is 0 Å². The first-order valence-corrected chi connectivity index (χ1v) is 6.59. The second-order valence-corrected chi connectivity index (χ2v) is 5.68. The Hall–Kier alpha value is -0.420. The third-order valence-electron chi connectivity index (χ3n) is 2.71. The van der Waals surface area contributed by atoms with Gasteiger partial charge >= 0.3 is 5.97 Å². The average Bonchev–Trinajstić information content (AvgIpc) is 2.59. The Morgan fingerprint density at radius 3 is 2.73 bits per heavy atom. The maximum Gasteiger partial charge on any atom is 0.319 e. The normalized spacial score (nSPS) is 30.0. The second-order valence-electron chi connectivity index (χ2n) is 3.85. The predicted molar refractivity (Wildman–Crippen MR) is 58.3 cm³/mol. The summed E-state index contributed by atoms with van der Waals surface area (Å²) in [6.07, 6.45) is 1.85. The van der Waals surface area contributed by atoms with Crippen LogP contribution in [0.1, 0.15) is 33.1 Å². The largest absolute Gasteiger partial charge is 0.480 e. The van der Waals surface area contributed by atoms with Crippen LogP contribution in [0, 0.1) is 0 Å². The Morgan fingerprint density at radius 1 is 1.67 bits per heavy atom. The quantitative estimate of drug-likeness (QED) is 0.775. The Labute approximate surface area is 92.5 Å². The van der Waals surface area contributed by atoms with Crippen molar-refractivity contribution < 1.29 is 18.8 Å². The van der Waals surface area contributed by atoms with E-state index in [4.69, 9.17) is 9.84 Å². The molecule has 5 heteroatoms. The third-order valence-corrected chi connectivity index (χ3v) is 4.93. The van der Waals surface area contributed by atoms with Crippen molar-refractivity contribution in [3.8, 4) is 0 Å². The number of hydrogen-bond acceptors (Lipinski definition) is 3. The summed E-state index contributed by atoms with van der Waals surface area (Å²) in [5.41, 5.74) is 0. The van der Waals surface area contributed by atoms with Crippen LogP contribution in [-0.4, -0.2) is 38.5 Å². The third kappa shape index (κ3) is 3.01. The van der Waals surface area contributed by atoms with Crippen molar-refractivity contribution in [3.05, 3.63) is 0 Å². The molecule has 4 unspecified atom stereocenters. The van der Waals surface area contributed by atoms with Crippen LogP contribution in [0.15, 0.2) is 0 Å². The Kier molecular flexibility index (Phi) is 4.73. The molecule has 0 aromatic heterocycles. The molecule has 1 saturated heterocycles. The zero-order valence-electron chi connectivity index (χ0n) is 9.14. The van der Waals surface area contributed by atoms with Crippen LogP contribution in [0.5, 0.6) is 0 Å². The summed E-state index contributed by atoms with van der Waals surface area (Å²) in [5, 5.41) is 8.14. The Morgan fingerprint density at radius 2 is 2.33 bits per heavy atom. The highest BCUT2D eigenvalue weighted by Gasteiger charge is 2.36. The van der Waals surface area contributed by atoms with Crippen LogP contribution in [0.25, 0.3) is 0 Å². The van der Waals surface area contributed by atoms with Crippen LogP contribution in [-0.2, 0) is 20.3 Å². The van der Waals surface area contributed by atoms with E-state index in [9.17, 15) is 9.00 Å². The molecule has 0 radical (unpaired) electrons. The molecule has 1 heterocycles. The number of ether oxygens (including phenoxy) is 1. The number of carbonyl (C=O) groups is 1. The molecule has 0 saturated carbocycles. The van der Waals surface area contributed by atoms with E-state index in [0.717, 1.165) is 6.42 Å². The molecule has 1 N–H and O–H groups in total. The van der Waals surface area contributed by atoms with Crippen LogP contribution in [0.4, 0.5) is 0 Å². The van der Waals surface area contributed by atoms with E-state index in [1.165, 1.54) is 0 Å². The lowest BCUT2D eigenvalue weighted by atomic mass is 10.2. The van der Waals surface area contributed by atoms with E-state index < -0.39 is 22.0 Å². The highest BCUT2D eigenvalue weighted by molar-refractivity contribution is 7.87. The zero-order chi connectivity index (χ0) is 11.4. The highest BCUT2D eigenvalue weighted by atomic mass is 32.2. The molecule has 4 atom stereocenters. The van der Waals surface area contributed by atoms with Gasteiger partial charge in [-0.3, -0.25) is 9.00 Å². The summed E-state index contributed by atoms with van der Waals surface area (Å²) < 4.78 is 17.3. The molecule has 1 rings (SSSR count). The van der Waals surface area contributed by atoms with Gasteiger partial charge in [-0.05, 0) is 19.8 Å². The summed E-state index contributed by atoms with van der Waals surface area (Å²) in [4.78, 5) is 11.0. The van der Waals surface area contributed by atoms with Crippen LogP contribution in [0.2, 0.25) is 0 Å². The van der Waals surface area contributed by atoms with Gasteiger partial charge in [-0.25, -0.2) is 0 Å². The number of hydrogen-bond donors (Lipinski definition) is 1. The molecule has 4 nitrogen and oxygen atoms in total. The van der Waals surface area contributed by atoms with Gasteiger partial charge in [-0.15, -0.1) is 0 Å².